The lowest BCUT2D eigenvalue weighted by atomic mass is 9.80. The van der Waals surface area contributed by atoms with Gasteiger partial charge in [0.1, 0.15) is 11.6 Å². The van der Waals surface area contributed by atoms with E-state index in [1.165, 1.54) is 18.2 Å². The molecule has 52 heavy (non-hydrogen) atoms. The first-order valence-electron chi connectivity index (χ1n) is 24.1. The molecule has 0 bridgehead atoms. The van der Waals surface area contributed by atoms with Gasteiger partial charge in [-0.05, 0) is 91.0 Å². The van der Waals surface area contributed by atoms with E-state index in [1.54, 1.807) is 26.1 Å². The molecule has 0 radical (unpaired) electrons. The van der Waals surface area contributed by atoms with Crippen molar-refractivity contribution in [3.8, 4) is 23.0 Å². The molecule has 3 atom stereocenters. The first-order chi connectivity index (χ1) is 29.2. The predicted molar refractivity (Wildman–Crippen MR) is 213 cm³/mol. The molecule has 0 amide bonds. The number of hydrogen-bond acceptors (Lipinski definition) is 8. The molecule has 1 saturated heterocycles. The topological polar surface area (TPSA) is 86.7 Å². The molecule has 3 aliphatic heterocycles. The number of benzene rings is 2. The molecule has 3 unspecified atom stereocenters. The number of ether oxygens (including phenoxy) is 4. The largest absolute Gasteiger partial charge is 0.493 e. The van der Waals surface area contributed by atoms with Crippen LogP contribution in [0.2, 0.25) is 0 Å². The SMILES string of the molecule is CC(=O)C(CC(C)C)C[N+](C)(C)C.[2H]C([2H])([2H])Oc1cc2c(cc1OC([2H])([2H])[2H])C1CC(=O)C(CC(C)C)CN1CC2.[2H]C([2H])([2H])Oc1cc2c(cc1OC([2H])([2H])[2H])CCN=C2.[CH2-]C. The van der Waals surface area contributed by atoms with Gasteiger partial charge in [-0.1, -0.05) is 27.7 Å². The van der Waals surface area contributed by atoms with Crippen molar-refractivity contribution in [3.63, 3.8) is 0 Å². The smallest absolute Gasteiger partial charge is 0.161 e. The van der Waals surface area contributed by atoms with Gasteiger partial charge < -0.3 is 30.4 Å². The zero-order valence-corrected chi connectivity index (χ0v) is 32.6. The number of hydrogen-bond donors (Lipinski definition) is 0. The molecule has 0 aliphatic carbocycles. The van der Waals surface area contributed by atoms with E-state index >= 15 is 0 Å². The Hall–Kier alpha value is -3.43. The highest BCUT2D eigenvalue weighted by Gasteiger charge is 2.38. The monoisotopic (exact) mass is 736 g/mol. The number of quaternary nitrogens is 1. The first-order valence-corrected chi connectivity index (χ1v) is 18.1. The van der Waals surface area contributed by atoms with Crippen LogP contribution in [0, 0.1) is 30.6 Å². The molecule has 0 spiro atoms. The lowest BCUT2D eigenvalue weighted by Gasteiger charge is -2.43. The molecule has 3 aliphatic rings. The summed E-state index contributed by atoms with van der Waals surface area (Å²) in [5.41, 5.74) is 3.22. The molecular formula is C43H69N3O6. The summed E-state index contributed by atoms with van der Waals surface area (Å²) in [7, 11) is -4.44. The van der Waals surface area contributed by atoms with Crippen molar-refractivity contribution in [1.82, 2.24) is 4.90 Å². The van der Waals surface area contributed by atoms with Crippen molar-refractivity contribution in [2.75, 3.05) is 75.5 Å². The molecule has 9 nitrogen and oxygen atoms in total. The summed E-state index contributed by atoms with van der Waals surface area (Å²) < 4.78 is 108. The number of fused-ring (bicyclic) bond motifs is 4. The average Bonchev–Trinajstić information content (AvgIpc) is 3.10. The van der Waals surface area contributed by atoms with E-state index in [0.29, 0.717) is 55.5 Å². The molecule has 0 N–H and O–H groups in total. The number of piperidine rings is 1. The normalized spacial score (nSPS) is 22.6. The van der Waals surface area contributed by atoms with Gasteiger partial charge in [0.05, 0.1) is 78.2 Å². The highest BCUT2D eigenvalue weighted by atomic mass is 16.5. The number of Topliss-reactive ketones (excluding diaryl/α,β-unsaturated/α-hetero) is 2. The fourth-order valence-corrected chi connectivity index (χ4v) is 6.96. The number of carbonyl (C=O) groups excluding carboxylic acids is 2. The molecule has 2 aromatic carbocycles. The lowest BCUT2D eigenvalue weighted by Crippen LogP contribution is -2.46. The van der Waals surface area contributed by atoms with Crippen LogP contribution in [0.4, 0.5) is 0 Å². The second-order valence-electron chi connectivity index (χ2n) is 15.4. The molecule has 0 aromatic heterocycles. The second kappa shape index (κ2) is 21.3. The zero-order valence-electron chi connectivity index (χ0n) is 44.6. The number of carbonyl (C=O) groups is 2. The van der Waals surface area contributed by atoms with Crippen molar-refractivity contribution in [2.24, 2.45) is 28.7 Å². The standard InChI is InChI=1S/C19H27NO3.C11H13NO2.C11H24NO.C2H5/c1-12(2)7-14-11-20-6-5-13-8-18(22-3)19(23-4)9-15(13)16(20)10-17(14)21;1-13-10-5-8-3-4-12-7-9(8)6-11(10)14-2;1-9(2)7-11(10(3)13)8-12(4,5)6;1-2/h8-9,12,14,16H,5-7,10-11H2,1-4H3;5-7H,3-4H2,1-2H3;9,11H,7-8H2,1-6H3;1H2,2H3/q;;+1;-1/i3D3,4D3;1D3,2D3;;. The van der Waals surface area contributed by atoms with Crippen molar-refractivity contribution in [2.45, 2.75) is 79.7 Å². The maximum Gasteiger partial charge on any atom is 0.161 e. The van der Waals surface area contributed by atoms with Gasteiger partial charge in [0, 0.05) is 44.2 Å². The van der Waals surface area contributed by atoms with Crippen LogP contribution in [0.25, 0.3) is 0 Å². The minimum atomic E-state index is -2.75. The Balaban J connectivity index is 0.000000350. The van der Waals surface area contributed by atoms with Crippen LogP contribution in [-0.4, -0.2) is 103 Å². The Morgan fingerprint density at radius 2 is 1.48 bits per heavy atom. The van der Waals surface area contributed by atoms with Crippen molar-refractivity contribution in [1.29, 1.82) is 0 Å². The van der Waals surface area contributed by atoms with E-state index in [2.05, 4.69) is 65.7 Å². The maximum absolute atomic E-state index is 12.7. The Morgan fingerprint density at radius 1 is 0.904 bits per heavy atom. The van der Waals surface area contributed by atoms with Crippen LogP contribution in [0.15, 0.2) is 29.3 Å². The number of aliphatic imine (C=N–C) groups is 1. The summed E-state index contributed by atoms with van der Waals surface area (Å²) in [6.07, 6.45) is 5.14. The lowest BCUT2D eigenvalue weighted by molar-refractivity contribution is -0.872. The van der Waals surface area contributed by atoms with Gasteiger partial charge in [-0.15, -0.1) is 0 Å². The number of ketones is 2. The van der Waals surface area contributed by atoms with Crippen molar-refractivity contribution in [3.05, 3.63) is 53.4 Å². The molecular weight excluding hydrogens is 654 g/mol. The third kappa shape index (κ3) is 13.2. The van der Waals surface area contributed by atoms with Gasteiger partial charge in [-0.3, -0.25) is 19.5 Å². The van der Waals surface area contributed by atoms with Gasteiger partial charge in [0.15, 0.2) is 23.0 Å². The second-order valence-corrected chi connectivity index (χ2v) is 15.4. The molecule has 292 valence electrons. The van der Waals surface area contributed by atoms with Gasteiger partial charge >= 0.3 is 0 Å². The van der Waals surface area contributed by atoms with Crippen LogP contribution >= 0.6 is 0 Å². The summed E-state index contributed by atoms with van der Waals surface area (Å²) in [6.45, 7) is 18.3. The summed E-state index contributed by atoms with van der Waals surface area (Å²) in [4.78, 5) is 30.4. The molecule has 5 rings (SSSR count). The van der Waals surface area contributed by atoms with Crippen LogP contribution in [0.5, 0.6) is 23.0 Å². The highest BCUT2D eigenvalue weighted by Crippen LogP contribution is 2.42. The third-order valence-electron chi connectivity index (χ3n) is 9.22. The molecule has 1 fully saturated rings. The third-order valence-corrected chi connectivity index (χ3v) is 9.22. The fourth-order valence-electron chi connectivity index (χ4n) is 6.96. The first kappa shape index (κ1) is 29.0. The van der Waals surface area contributed by atoms with Crippen molar-refractivity contribution >= 4 is 17.8 Å². The summed E-state index contributed by atoms with van der Waals surface area (Å²) in [5.74, 6) is 1.37. The van der Waals surface area contributed by atoms with E-state index in [9.17, 15) is 9.59 Å². The van der Waals surface area contributed by atoms with Gasteiger partial charge in [0.2, 0.25) is 0 Å². The quantitative estimate of drug-likeness (QED) is 0.173. The van der Waals surface area contributed by atoms with Crippen LogP contribution in [0.3, 0.4) is 0 Å². The Morgan fingerprint density at radius 3 is 2.02 bits per heavy atom. The summed E-state index contributed by atoms with van der Waals surface area (Å²) in [5, 5.41) is 0. The Labute approximate surface area is 332 Å². The van der Waals surface area contributed by atoms with Crippen LogP contribution < -0.4 is 18.9 Å². The highest BCUT2D eigenvalue weighted by molar-refractivity contribution is 5.84. The van der Waals surface area contributed by atoms with E-state index in [1.807, 2.05) is 0 Å². The zero-order chi connectivity index (χ0) is 49.2. The molecule has 9 heteroatoms. The summed E-state index contributed by atoms with van der Waals surface area (Å²) in [6, 6.07) is 5.86. The predicted octanol–water partition coefficient (Wildman–Crippen LogP) is 7.70. The number of methoxy groups -OCH3 is 4. The Bertz CT molecular complexity index is 1870. The van der Waals surface area contributed by atoms with E-state index in [4.69, 9.17) is 35.4 Å². The van der Waals surface area contributed by atoms with Crippen LogP contribution in [0.1, 0.15) is 106 Å². The van der Waals surface area contributed by atoms with Crippen molar-refractivity contribution < 1.29 is 49.5 Å². The van der Waals surface area contributed by atoms with E-state index in [-0.39, 0.29) is 46.7 Å². The molecule has 2 aromatic rings. The maximum atomic E-state index is 12.7. The van der Waals surface area contributed by atoms with Crippen LogP contribution in [-0.2, 0) is 22.4 Å². The van der Waals surface area contributed by atoms with Gasteiger partial charge in [-0.2, -0.15) is 6.92 Å². The van der Waals surface area contributed by atoms with E-state index < -0.39 is 28.2 Å². The molecule has 0 saturated carbocycles. The number of nitrogens with zero attached hydrogens (tertiary/aromatic N) is 3. The van der Waals surface area contributed by atoms with E-state index in [0.717, 1.165) is 47.1 Å². The molecule has 3 heterocycles. The van der Waals surface area contributed by atoms with Gasteiger partial charge in [-0.25, -0.2) is 0 Å². The summed E-state index contributed by atoms with van der Waals surface area (Å²) >= 11 is 0. The minimum Gasteiger partial charge on any atom is -0.493 e. The average molecular weight is 736 g/mol. The van der Waals surface area contributed by atoms with Gasteiger partial charge in [0.25, 0.3) is 0 Å². The Kier molecular flexibility index (Phi) is 11.9. The minimum absolute atomic E-state index is 0.0177. The number of rotatable bonds is 11. The fraction of sp³-hybridized carbons (Fsp3) is 0.628.